The van der Waals surface area contributed by atoms with Gasteiger partial charge in [-0.15, -0.1) is 0 Å². The monoisotopic (exact) mass is 858 g/mol. The number of carboxylic acids is 3. The second-order valence-corrected chi connectivity index (χ2v) is 16.9. The van der Waals surface area contributed by atoms with Gasteiger partial charge in [0.1, 0.15) is 29.6 Å². The van der Waals surface area contributed by atoms with Gasteiger partial charge in [-0.3, -0.25) is 19.2 Å². The summed E-state index contributed by atoms with van der Waals surface area (Å²) in [5, 5.41) is 40.2. The second kappa shape index (κ2) is 22.1. The molecule has 6 N–H and O–H groups in total. The number of carboxylic acid groups (broad SMARTS) is 3. The van der Waals surface area contributed by atoms with Gasteiger partial charge in [-0.2, -0.15) is 0 Å². The average molecular weight is 859 g/mol. The van der Waals surface area contributed by atoms with Crippen molar-refractivity contribution in [3.8, 4) is 23.0 Å². The number of rotatable bonds is 23. The summed E-state index contributed by atoms with van der Waals surface area (Å²) in [6, 6.07) is 16.5. The first-order valence-electron chi connectivity index (χ1n) is 21.7. The molecule has 1 amide bonds. The van der Waals surface area contributed by atoms with Crippen molar-refractivity contribution < 1.29 is 53.4 Å². The standard InChI is InChI=1S/C47H62N4O11/c1-59-37-14-29(20-41(45(53)54)34-4-7-48-25-34)12-31(16-37)23-44(52)51(28-33-13-30(15-38(19-33)60-2)21-42(46(55)56)35-5-8-49-26-35)10-11-62-40-18-32(17-39(24-40)61-3)22-43(47(57)58)36-6-9-50-27-36/h12-19,24,34-36,41-43,48-50H,4-11,20-23,25-28H2,1-3H3,(H,53,54)(H,55,56)(H,57,58)/t34-,35-,36-,41-,42-,43-/m0/s1. The van der Waals surface area contributed by atoms with Crippen molar-refractivity contribution >= 4 is 23.8 Å². The summed E-state index contributed by atoms with van der Waals surface area (Å²) in [4.78, 5) is 53.3. The fourth-order valence-electron chi connectivity index (χ4n) is 9.33. The van der Waals surface area contributed by atoms with Crippen LogP contribution in [-0.4, -0.2) is 118 Å². The SMILES string of the molecule is COc1cc(CC(=O)N(CCOc2cc(C[C@H](C(=O)O)[C@H]3CCNC3)cc(OC)c2)Cc2cc(C[C@H](C(=O)O)[C@H]3CCNC3)cc(OC)c2)cc(C[C@H](C(=O)O)[C@H]2CCNC2)c1. The zero-order valence-corrected chi connectivity index (χ0v) is 36.0. The molecule has 0 spiro atoms. The van der Waals surface area contributed by atoms with Crippen molar-refractivity contribution in [1.82, 2.24) is 20.9 Å². The number of carbonyl (C=O) groups is 4. The normalized spacial score (nSPS) is 20.0. The van der Waals surface area contributed by atoms with E-state index in [1.54, 1.807) is 38.4 Å². The zero-order chi connectivity index (χ0) is 44.2. The molecule has 3 aliphatic heterocycles. The molecular weight excluding hydrogens is 797 g/mol. The Hall–Kier alpha value is -5.38. The molecule has 3 saturated heterocycles. The highest BCUT2D eigenvalue weighted by molar-refractivity contribution is 5.79. The van der Waals surface area contributed by atoms with Crippen molar-refractivity contribution in [1.29, 1.82) is 0 Å². The minimum atomic E-state index is -0.853. The molecule has 3 aromatic rings. The smallest absolute Gasteiger partial charge is 0.307 e. The summed E-state index contributed by atoms with van der Waals surface area (Å²) in [5.41, 5.74) is 3.76. The molecule has 6 rings (SSSR count). The third-order valence-corrected chi connectivity index (χ3v) is 12.7. The lowest BCUT2D eigenvalue weighted by Gasteiger charge is -2.25. The van der Waals surface area contributed by atoms with Crippen LogP contribution in [0.1, 0.15) is 47.1 Å². The van der Waals surface area contributed by atoms with Gasteiger partial charge in [-0.25, -0.2) is 0 Å². The van der Waals surface area contributed by atoms with E-state index in [0.29, 0.717) is 67.5 Å². The number of nitrogens with one attached hydrogen (secondary N) is 3. The summed E-state index contributed by atoms with van der Waals surface area (Å²) < 4.78 is 23.2. The van der Waals surface area contributed by atoms with Gasteiger partial charge in [-0.1, -0.05) is 12.1 Å². The van der Waals surface area contributed by atoms with Gasteiger partial charge in [0.2, 0.25) is 5.91 Å². The van der Waals surface area contributed by atoms with E-state index in [9.17, 15) is 34.5 Å². The highest BCUT2D eigenvalue weighted by atomic mass is 16.5. The highest BCUT2D eigenvalue weighted by Crippen LogP contribution is 2.31. The number of methoxy groups -OCH3 is 3. The van der Waals surface area contributed by atoms with Crippen LogP contribution in [0.3, 0.4) is 0 Å². The Kier molecular flexibility index (Phi) is 16.5. The fourth-order valence-corrected chi connectivity index (χ4v) is 9.33. The number of nitrogens with zero attached hydrogens (tertiary/aromatic N) is 1. The number of amides is 1. The summed E-state index contributed by atoms with van der Waals surface area (Å²) in [5.74, 6) is -2.41. The minimum absolute atomic E-state index is 0.00223. The van der Waals surface area contributed by atoms with E-state index >= 15 is 0 Å². The second-order valence-electron chi connectivity index (χ2n) is 16.9. The molecule has 0 aromatic heterocycles. The lowest BCUT2D eigenvalue weighted by atomic mass is 9.85. The van der Waals surface area contributed by atoms with Crippen molar-refractivity contribution in [2.45, 2.75) is 51.5 Å². The first kappa shape index (κ1) is 46.1. The maximum atomic E-state index is 14.5. The maximum Gasteiger partial charge on any atom is 0.307 e. The van der Waals surface area contributed by atoms with E-state index in [1.165, 1.54) is 0 Å². The van der Waals surface area contributed by atoms with Gasteiger partial charge >= 0.3 is 17.9 Å². The van der Waals surface area contributed by atoms with Gasteiger partial charge < -0.3 is 55.1 Å². The van der Waals surface area contributed by atoms with Gasteiger partial charge in [0, 0.05) is 12.6 Å². The first-order chi connectivity index (χ1) is 29.9. The van der Waals surface area contributed by atoms with E-state index in [-0.39, 0.29) is 49.8 Å². The van der Waals surface area contributed by atoms with Crippen molar-refractivity contribution in [3.05, 3.63) is 82.4 Å². The van der Waals surface area contributed by atoms with Gasteiger partial charge in [0.15, 0.2) is 0 Å². The molecule has 15 nitrogen and oxygen atoms in total. The Bertz CT molecular complexity index is 2010. The lowest BCUT2D eigenvalue weighted by Crippen LogP contribution is -2.35. The molecule has 3 aromatic carbocycles. The number of ether oxygens (including phenoxy) is 4. The molecule has 6 atom stereocenters. The van der Waals surface area contributed by atoms with Gasteiger partial charge in [0.25, 0.3) is 0 Å². The van der Waals surface area contributed by atoms with Crippen LogP contribution < -0.4 is 34.9 Å². The van der Waals surface area contributed by atoms with E-state index < -0.39 is 35.7 Å². The van der Waals surface area contributed by atoms with Crippen molar-refractivity contribution in [2.75, 3.05) is 73.7 Å². The lowest BCUT2D eigenvalue weighted by molar-refractivity contribution is -0.144. The van der Waals surface area contributed by atoms with Gasteiger partial charge in [-0.05, 0) is 160 Å². The van der Waals surface area contributed by atoms with Crippen LogP contribution in [-0.2, 0) is 51.4 Å². The van der Waals surface area contributed by atoms with Crippen LogP contribution in [0.2, 0.25) is 0 Å². The number of hydrogen-bond acceptors (Lipinski definition) is 11. The molecule has 62 heavy (non-hydrogen) atoms. The van der Waals surface area contributed by atoms with Crippen LogP contribution in [0.4, 0.5) is 0 Å². The van der Waals surface area contributed by atoms with Crippen molar-refractivity contribution in [3.63, 3.8) is 0 Å². The van der Waals surface area contributed by atoms with Crippen LogP contribution >= 0.6 is 0 Å². The molecule has 0 bridgehead atoms. The predicted octanol–water partition coefficient (Wildman–Crippen LogP) is 3.92. The quantitative estimate of drug-likeness (QED) is 0.0801. The number of benzene rings is 3. The van der Waals surface area contributed by atoms with Crippen LogP contribution in [0, 0.1) is 35.5 Å². The van der Waals surface area contributed by atoms with Crippen LogP contribution in [0.5, 0.6) is 23.0 Å². The van der Waals surface area contributed by atoms with E-state index in [2.05, 4.69) is 16.0 Å². The Morgan fingerprint density at radius 3 is 1.37 bits per heavy atom. The van der Waals surface area contributed by atoms with Crippen LogP contribution in [0.15, 0.2) is 54.6 Å². The molecule has 0 radical (unpaired) electrons. The molecular formula is C47H62N4O11. The molecule has 3 aliphatic rings. The number of carbonyl (C=O) groups excluding carboxylic acids is 1. The topological polar surface area (TPSA) is 205 Å². The maximum absolute atomic E-state index is 14.5. The molecule has 15 heteroatoms. The predicted molar refractivity (Wildman–Crippen MR) is 231 cm³/mol. The Balaban J connectivity index is 1.25. The number of hydrogen-bond donors (Lipinski definition) is 6. The summed E-state index contributed by atoms with van der Waals surface area (Å²) >= 11 is 0. The average Bonchev–Trinajstić information content (AvgIpc) is 4.09. The van der Waals surface area contributed by atoms with Crippen molar-refractivity contribution in [2.24, 2.45) is 35.5 Å². The number of aliphatic carboxylic acids is 3. The van der Waals surface area contributed by atoms with Crippen LogP contribution in [0.25, 0.3) is 0 Å². The Morgan fingerprint density at radius 2 is 0.952 bits per heavy atom. The fraction of sp³-hybridized carbons (Fsp3) is 0.532. The van der Waals surface area contributed by atoms with E-state index in [1.807, 2.05) is 42.5 Å². The van der Waals surface area contributed by atoms with Gasteiger partial charge in [0.05, 0.1) is 52.0 Å². The molecule has 336 valence electrons. The highest BCUT2D eigenvalue weighted by Gasteiger charge is 2.33. The van der Waals surface area contributed by atoms with E-state index in [4.69, 9.17) is 18.9 Å². The molecule has 0 aliphatic carbocycles. The zero-order valence-electron chi connectivity index (χ0n) is 36.0. The summed E-state index contributed by atoms with van der Waals surface area (Å²) in [7, 11) is 4.64. The Morgan fingerprint density at radius 1 is 0.565 bits per heavy atom. The first-order valence-corrected chi connectivity index (χ1v) is 21.7. The molecule has 0 unspecified atom stereocenters. The summed E-state index contributed by atoms with van der Waals surface area (Å²) in [6.07, 6.45) is 3.26. The van der Waals surface area contributed by atoms with E-state index in [0.717, 1.165) is 61.2 Å². The largest absolute Gasteiger partial charge is 0.497 e. The Labute approximate surface area is 363 Å². The minimum Gasteiger partial charge on any atom is -0.497 e. The third-order valence-electron chi connectivity index (χ3n) is 12.7. The molecule has 3 heterocycles. The molecule has 3 fully saturated rings. The third kappa shape index (κ3) is 12.6. The molecule has 0 saturated carbocycles. The summed E-state index contributed by atoms with van der Waals surface area (Å²) in [6.45, 7) is 4.71.